The number of aryl methyl sites for hydroxylation is 1. The molecule has 3 saturated carbocycles. The lowest BCUT2D eigenvalue weighted by Crippen LogP contribution is -2.73. The second-order valence-electron chi connectivity index (χ2n) is 23.6. The fraction of sp³-hybridized carbons (Fsp3) is 0.476. The number of ether oxygens (including phenoxy) is 4. The second kappa shape index (κ2) is 26.8. The third kappa shape index (κ3) is 13.1. The Morgan fingerprint density at radius 3 is 2.31 bits per heavy atom. The SMILES string of the molecule is C[C@@H]1C=CC(=O)C=C2C1[C@@]1(F)[C@@H](O)C[C@@]3(C)[C@@H](C[C@H]4O[C@@H](c5cccc(F)c5)O[C@]43C(=O)COCNC(=O)CNC(=O)[C@H](Cc3ccccc3)NC(O)CNC(=O)CNC(=O)CCc3ccc(N4C(=O)C=CC4=O)cc3OCCCC(=O)O)[C@]1(C)C[C@@H]2F. The molecule has 4 aliphatic carbocycles. The van der Waals surface area contributed by atoms with E-state index in [1.807, 2.05) is 0 Å². The fourth-order valence-electron chi connectivity index (χ4n) is 14.0. The highest BCUT2D eigenvalue weighted by atomic mass is 19.1. The number of nitrogens with one attached hydrogen (secondary N) is 5. The molecule has 13 atom stereocenters. The van der Waals surface area contributed by atoms with Crippen LogP contribution in [0.3, 0.4) is 0 Å². The second-order valence-corrected chi connectivity index (χ2v) is 23.6. The van der Waals surface area contributed by atoms with Gasteiger partial charge in [0.1, 0.15) is 43.0 Å². The molecule has 4 fully saturated rings. The van der Waals surface area contributed by atoms with Gasteiger partial charge in [0, 0.05) is 53.4 Å². The molecule has 2 unspecified atom stereocenters. The van der Waals surface area contributed by atoms with Crippen molar-refractivity contribution in [2.75, 3.05) is 44.5 Å². The highest BCUT2D eigenvalue weighted by Crippen LogP contribution is 2.75. The van der Waals surface area contributed by atoms with Crippen LogP contribution in [0.2, 0.25) is 0 Å². The van der Waals surface area contributed by atoms with Gasteiger partial charge >= 0.3 is 5.97 Å². The minimum atomic E-state index is -2.47. The van der Waals surface area contributed by atoms with Crippen molar-refractivity contribution in [1.29, 1.82) is 0 Å². The van der Waals surface area contributed by atoms with Gasteiger partial charge in [0.25, 0.3) is 11.8 Å². The van der Waals surface area contributed by atoms with Crippen molar-refractivity contribution in [2.45, 2.75) is 120 Å². The van der Waals surface area contributed by atoms with Crippen molar-refractivity contribution < 1.29 is 90.6 Å². The summed E-state index contributed by atoms with van der Waals surface area (Å²) in [6.45, 7) is 2.10. The number of nitrogens with zero attached hydrogens (tertiary/aromatic N) is 1. The molecule has 22 nitrogen and oxygen atoms in total. The van der Waals surface area contributed by atoms with Gasteiger partial charge in [-0.15, -0.1) is 0 Å². The van der Waals surface area contributed by atoms with Crippen LogP contribution in [0.25, 0.3) is 0 Å². The summed E-state index contributed by atoms with van der Waals surface area (Å²) >= 11 is 0. The Kier molecular flexibility index (Phi) is 19.7. The van der Waals surface area contributed by atoms with Gasteiger partial charge in [-0.3, -0.25) is 48.5 Å². The molecule has 0 radical (unpaired) electrons. The van der Waals surface area contributed by atoms with Crippen LogP contribution in [0.15, 0.2) is 109 Å². The number of hydrogen-bond donors (Lipinski definition) is 8. The lowest BCUT2D eigenvalue weighted by molar-refractivity contribution is -0.262. The van der Waals surface area contributed by atoms with Crippen molar-refractivity contribution in [3.63, 3.8) is 0 Å². The van der Waals surface area contributed by atoms with Crippen molar-refractivity contribution >= 4 is 58.7 Å². The lowest BCUT2D eigenvalue weighted by Gasteiger charge is -2.65. The van der Waals surface area contributed by atoms with Gasteiger partial charge in [-0.2, -0.15) is 0 Å². The molecule has 0 aromatic heterocycles. The third-order valence-corrected chi connectivity index (χ3v) is 18.1. The van der Waals surface area contributed by atoms with Crippen molar-refractivity contribution in [3.8, 4) is 5.75 Å². The Bertz CT molecular complexity index is 3290. The normalized spacial score (nSPS) is 29.1. The van der Waals surface area contributed by atoms with E-state index in [4.69, 9.17) is 24.1 Å². The number of ketones is 2. The number of anilines is 1. The maximum absolute atomic E-state index is 18.5. The molecular formula is C63H71F3N6O16. The summed E-state index contributed by atoms with van der Waals surface area (Å²) in [6.07, 6.45) is -2.17. The number of benzene rings is 3. The number of carbonyl (C=O) groups is 9. The van der Waals surface area contributed by atoms with Crippen molar-refractivity contribution in [2.24, 2.45) is 28.6 Å². The van der Waals surface area contributed by atoms with E-state index >= 15 is 8.78 Å². The number of aliphatic hydroxyl groups excluding tert-OH is 2. The molecule has 25 heteroatoms. The van der Waals surface area contributed by atoms with Crippen LogP contribution in [0, 0.1) is 34.4 Å². The highest BCUT2D eigenvalue weighted by Gasteiger charge is 2.82. The number of rotatable bonds is 26. The van der Waals surface area contributed by atoms with Crippen LogP contribution in [0.4, 0.5) is 18.9 Å². The van der Waals surface area contributed by atoms with Crippen LogP contribution in [0.5, 0.6) is 5.75 Å². The first-order chi connectivity index (χ1) is 41.9. The van der Waals surface area contributed by atoms with E-state index in [1.165, 1.54) is 42.5 Å². The largest absolute Gasteiger partial charge is 0.493 e. The number of Topliss-reactive ketones (excluding diaryl/α,β-unsaturated/α-hetero) is 1. The lowest BCUT2D eigenvalue weighted by atomic mass is 9.41. The average molecular weight is 1230 g/mol. The summed E-state index contributed by atoms with van der Waals surface area (Å²) in [5.74, 6) is -9.19. The third-order valence-electron chi connectivity index (χ3n) is 18.1. The molecular weight excluding hydrogens is 1150 g/mol. The predicted octanol–water partition coefficient (Wildman–Crippen LogP) is 3.38. The summed E-state index contributed by atoms with van der Waals surface area (Å²) in [6, 6.07) is 17.4. The number of carbonyl (C=O) groups excluding carboxylic acids is 8. The molecule has 0 bridgehead atoms. The number of hydrogen-bond acceptors (Lipinski definition) is 16. The Hall–Kier alpha value is -7.94. The van der Waals surface area contributed by atoms with E-state index in [2.05, 4.69) is 26.6 Å². The van der Waals surface area contributed by atoms with Gasteiger partial charge in [0.2, 0.25) is 23.6 Å². The zero-order valence-corrected chi connectivity index (χ0v) is 48.6. The van der Waals surface area contributed by atoms with Crippen LogP contribution in [-0.2, 0) is 70.2 Å². The maximum atomic E-state index is 18.5. The van der Waals surface area contributed by atoms with E-state index in [-0.39, 0.29) is 74.1 Å². The summed E-state index contributed by atoms with van der Waals surface area (Å²) in [4.78, 5) is 117. The minimum absolute atomic E-state index is 0.00670. The molecule has 470 valence electrons. The summed E-state index contributed by atoms with van der Waals surface area (Å²) in [5.41, 5.74) is -5.93. The molecule has 3 aromatic rings. The molecule has 1 saturated heterocycles. The fourth-order valence-corrected chi connectivity index (χ4v) is 14.0. The summed E-state index contributed by atoms with van der Waals surface area (Å²) < 4.78 is 74.3. The number of aliphatic carboxylic acids is 1. The van der Waals surface area contributed by atoms with Gasteiger partial charge in [-0.05, 0) is 97.4 Å². The standard InChI is InChI=1S/C63H71F3N6O16/c1-35-14-18-41(73)26-42-43(65)28-60(2)46-27-49-63(61(46,3)29-47(74)62(60,66)57(35)42,88-59(87-49)38-11-7-12-39(64)24-38)48(75)33-85-34-70-52(78)31-69-58(84)44(23-36-9-5-4-6-10-36)71-53(79)32-68-51(77)30-67-50(76)19-16-37-15-17-40(72-54(80)20-21-55(72)81)25-45(37)86-22-8-13-56(82)83/h4-7,9-12,14-15,17-18,20-21,24-26,35,43-44,46-47,49,53,57,59,71,74,79H,8,13,16,19,22-23,27-34H2,1-3H3,(H,67,76)(H,68,77)(H,69,84)(H,70,78)(H,82,83)/t35-,43+,44+,46+,47+,49-,53?,57?,59-,60+,61+,62+,63-/m1/s1. The van der Waals surface area contributed by atoms with Crippen molar-refractivity contribution in [3.05, 3.63) is 131 Å². The highest BCUT2D eigenvalue weighted by molar-refractivity contribution is 6.28. The van der Waals surface area contributed by atoms with Gasteiger partial charge < -0.3 is 55.5 Å². The van der Waals surface area contributed by atoms with E-state index in [0.717, 1.165) is 23.1 Å². The molecule has 9 rings (SSSR count). The first kappa shape index (κ1) is 64.5. The zero-order valence-electron chi connectivity index (χ0n) is 48.6. The topological polar surface area (TPSA) is 315 Å². The number of carboxylic acid groups (broad SMARTS) is 1. The molecule has 2 aliphatic heterocycles. The van der Waals surface area contributed by atoms with Gasteiger partial charge in [-0.25, -0.2) is 18.1 Å². The van der Waals surface area contributed by atoms with Crippen LogP contribution in [0.1, 0.15) is 82.3 Å². The van der Waals surface area contributed by atoms with Gasteiger partial charge in [-0.1, -0.05) is 75.4 Å². The van der Waals surface area contributed by atoms with Crippen LogP contribution in [-0.4, -0.2) is 150 Å². The number of allylic oxidation sites excluding steroid dienone is 4. The maximum Gasteiger partial charge on any atom is 0.303 e. The number of halogens is 3. The van der Waals surface area contributed by atoms with E-state index in [9.17, 15) is 57.8 Å². The number of amides is 6. The Balaban J connectivity index is 0.773. The number of fused-ring (bicyclic) bond motifs is 7. The molecule has 6 amide bonds. The number of imide groups is 1. The molecule has 88 heavy (non-hydrogen) atoms. The van der Waals surface area contributed by atoms with Gasteiger partial charge in [0.05, 0.1) is 50.2 Å². The van der Waals surface area contributed by atoms with Crippen LogP contribution < -0.4 is 36.2 Å². The quantitative estimate of drug-likeness (QED) is 0.0325. The molecule has 2 heterocycles. The van der Waals surface area contributed by atoms with Gasteiger partial charge in [0.15, 0.2) is 23.5 Å². The van der Waals surface area contributed by atoms with Crippen LogP contribution >= 0.6 is 0 Å². The predicted molar refractivity (Wildman–Crippen MR) is 306 cm³/mol. The minimum Gasteiger partial charge on any atom is -0.493 e. The first-order valence-corrected chi connectivity index (χ1v) is 29.1. The number of carboxylic acids is 1. The summed E-state index contributed by atoms with van der Waals surface area (Å²) in [7, 11) is 0. The number of aliphatic hydroxyl groups is 2. The molecule has 3 aromatic carbocycles. The van der Waals surface area contributed by atoms with E-state index in [0.29, 0.717) is 11.1 Å². The van der Waals surface area contributed by atoms with E-state index in [1.54, 1.807) is 63.2 Å². The Morgan fingerprint density at radius 2 is 1.58 bits per heavy atom. The van der Waals surface area contributed by atoms with Crippen molar-refractivity contribution in [1.82, 2.24) is 26.6 Å². The molecule has 0 spiro atoms. The summed E-state index contributed by atoms with van der Waals surface area (Å²) in [5, 5.41) is 44.9. The zero-order chi connectivity index (χ0) is 63.3. The Labute approximate surface area is 504 Å². The average Bonchev–Trinajstić information content (AvgIpc) is 1.40. The smallest absolute Gasteiger partial charge is 0.303 e. The Morgan fingerprint density at radius 1 is 0.852 bits per heavy atom. The van der Waals surface area contributed by atoms with E-state index < -0.39 is 175 Å². The number of alkyl halides is 2. The first-order valence-electron chi connectivity index (χ1n) is 29.1. The monoisotopic (exact) mass is 1220 g/mol. The molecule has 8 N–H and O–H groups in total. The molecule has 6 aliphatic rings.